The molecule has 6 nitrogen and oxygen atoms in total. The number of hydrogen-bond acceptors (Lipinski definition) is 5. The topological polar surface area (TPSA) is 91.7 Å². The zero-order chi connectivity index (χ0) is 16.9. The molecule has 0 spiro atoms. The monoisotopic (exact) mass is 318 g/mol. The van der Waals surface area contributed by atoms with Crippen molar-refractivity contribution in [3.8, 4) is 23.1 Å². The molecule has 1 atom stereocenters. The summed E-state index contributed by atoms with van der Waals surface area (Å²) in [6.45, 7) is 0. The first kappa shape index (κ1) is 15.4. The van der Waals surface area contributed by atoms with E-state index in [4.69, 9.17) is 4.74 Å². The second-order valence-corrected chi connectivity index (χ2v) is 5.07. The smallest absolute Gasteiger partial charge is 0.189 e. The van der Waals surface area contributed by atoms with Gasteiger partial charge in [0.05, 0.1) is 36.3 Å². The van der Waals surface area contributed by atoms with Crippen LogP contribution in [0.2, 0.25) is 0 Å². The molecule has 24 heavy (non-hydrogen) atoms. The van der Waals surface area contributed by atoms with Gasteiger partial charge in [-0.25, -0.2) is 0 Å². The number of carbonyl (C=O) groups excluding carboxylic acids is 1. The second-order valence-electron chi connectivity index (χ2n) is 5.07. The number of ketones is 1. The Hall–Kier alpha value is -3.46. The van der Waals surface area contributed by atoms with E-state index in [9.17, 15) is 10.1 Å². The number of Topliss-reactive ketones (excluding diaryl/α,β-unsaturated/α-hetero) is 1. The van der Waals surface area contributed by atoms with Crippen molar-refractivity contribution in [1.29, 1.82) is 5.26 Å². The number of aromatic nitrogens is 3. The van der Waals surface area contributed by atoms with Gasteiger partial charge in [-0.3, -0.25) is 14.9 Å². The van der Waals surface area contributed by atoms with Crippen LogP contribution in [0.25, 0.3) is 11.3 Å². The fraction of sp³-hybridized carbons (Fsp3) is 0.111. The molecule has 3 aromatic rings. The Morgan fingerprint density at radius 2 is 2.04 bits per heavy atom. The predicted molar refractivity (Wildman–Crippen MR) is 87.5 cm³/mol. The number of hydrogen-bond donors (Lipinski definition) is 1. The van der Waals surface area contributed by atoms with Gasteiger partial charge in [-0.15, -0.1) is 0 Å². The molecule has 118 valence electrons. The number of benzene rings is 1. The minimum Gasteiger partial charge on any atom is -0.497 e. The van der Waals surface area contributed by atoms with Crippen LogP contribution in [0.1, 0.15) is 22.0 Å². The average Bonchev–Trinajstić information content (AvgIpc) is 3.13. The highest BCUT2D eigenvalue weighted by Crippen LogP contribution is 2.27. The van der Waals surface area contributed by atoms with Gasteiger partial charge in [-0.2, -0.15) is 10.4 Å². The van der Waals surface area contributed by atoms with Gasteiger partial charge >= 0.3 is 0 Å². The van der Waals surface area contributed by atoms with E-state index in [1.807, 2.05) is 18.2 Å². The van der Waals surface area contributed by atoms with E-state index in [2.05, 4.69) is 15.2 Å². The van der Waals surface area contributed by atoms with Gasteiger partial charge in [0.2, 0.25) is 0 Å². The Labute approximate surface area is 138 Å². The van der Waals surface area contributed by atoms with Gasteiger partial charge in [-0.1, -0.05) is 6.07 Å². The van der Waals surface area contributed by atoms with Crippen molar-refractivity contribution in [3.63, 3.8) is 0 Å². The molecule has 0 amide bonds. The maximum Gasteiger partial charge on any atom is 0.189 e. The van der Waals surface area contributed by atoms with E-state index >= 15 is 0 Å². The second kappa shape index (κ2) is 6.75. The molecular formula is C18H14N4O2. The van der Waals surface area contributed by atoms with Gasteiger partial charge in [-0.05, 0) is 36.4 Å². The maximum atomic E-state index is 12.8. The standard InChI is InChI=1S/C18H14N4O2/c1-24-13-7-5-12(6-8-13)17-15(11-21-22-17)18(23)14(10-19)16-4-2-3-9-20-16/h2-9,11,14H,1H3,(H,21,22)/t14-/m1/s1. The summed E-state index contributed by atoms with van der Waals surface area (Å²) in [6, 6.07) is 14.4. The third kappa shape index (κ3) is 2.88. The van der Waals surface area contributed by atoms with Crippen LogP contribution in [-0.4, -0.2) is 28.1 Å². The van der Waals surface area contributed by atoms with Crippen LogP contribution >= 0.6 is 0 Å². The van der Waals surface area contributed by atoms with Gasteiger partial charge in [0.15, 0.2) is 11.7 Å². The van der Waals surface area contributed by atoms with Gasteiger partial charge in [0.25, 0.3) is 0 Å². The summed E-state index contributed by atoms with van der Waals surface area (Å²) in [5.41, 5.74) is 2.14. The van der Waals surface area contributed by atoms with E-state index in [1.165, 1.54) is 6.20 Å². The van der Waals surface area contributed by atoms with Crippen molar-refractivity contribution in [2.75, 3.05) is 7.11 Å². The highest BCUT2D eigenvalue weighted by Gasteiger charge is 2.26. The summed E-state index contributed by atoms with van der Waals surface area (Å²) >= 11 is 0. The first-order valence-corrected chi connectivity index (χ1v) is 7.27. The van der Waals surface area contributed by atoms with Crippen molar-refractivity contribution in [2.45, 2.75) is 5.92 Å². The highest BCUT2D eigenvalue weighted by atomic mass is 16.5. The molecular weight excluding hydrogens is 304 g/mol. The first-order chi connectivity index (χ1) is 11.7. The normalized spacial score (nSPS) is 11.5. The third-order valence-electron chi connectivity index (χ3n) is 3.66. The highest BCUT2D eigenvalue weighted by molar-refractivity contribution is 6.06. The Kier molecular flexibility index (Phi) is 4.34. The molecule has 0 bridgehead atoms. The maximum absolute atomic E-state index is 12.8. The van der Waals surface area contributed by atoms with Crippen molar-refractivity contribution < 1.29 is 9.53 Å². The minimum absolute atomic E-state index is 0.337. The zero-order valence-electron chi connectivity index (χ0n) is 12.9. The molecule has 0 aliphatic carbocycles. The third-order valence-corrected chi connectivity index (χ3v) is 3.66. The number of pyridine rings is 1. The van der Waals surface area contributed by atoms with Crippen LogP contribution < -0.4 is 4.74 Å². The number of methoxy groups -OCH3 is 1. The number of ether oxygens (including phenoxy) is 1. The Morgan fingerprint density at radius 1 is 1.25 bits per heavy atom. The Morgan fingerprint density at radius 3 is 2.67 bits per heavy atom. The Bertz CT molecular complexity index is 879. The fourth-order valence-electron chi connectivity index (χ4n) is 2.41. The molecule has 0 fully saturated rings. The number of aromatic amines is 1. The molecule has 1 aromatic carbocycles. The van der Waals surface area contributed by atoms with Crippen molar-refractivity contribution >= 4 is 5.78 Å². The molecule has 0 radical (unpaired) electrons. The average molecular weight is 318 g/mol. The van der Waals surface area contributed by atoms with Crippen LogP contribution in [0, 0.1) is 11.3 Å². The lowest BCUT2D eigenvalue weighted by atomic mass is 9.94. The molecule has 1 N–H and O–H groups in total. The molecule has 0 aliphatic rings. The summed E-state index contributed by atoms with van der Waals surface area (Å²) in [7, 11) is 1.59. The van der Waals surface area contributed by atoms with Gasteiger partial charge < -0.3 is 4.74 Å². The van der Waals surface area contributed by atoms with Crippen LogP contribution in [0.5, 0.6) is 5.75 Å². The number of nitrogens with zero attached hydrogens (tertiary/aromatic N) is 3. The molecule has 0 saturated heterocycles. The van der Waals surface area contributed by atoms with Crippen LogP contribution in [0.4, 0.5) is 0 Å². The number of rotatable bonds is 5. The quantitative estimate of drug-likeness (QED) is 0.730. The molecule has 2 heterocycles. The van der Waals surface area contributed by atoms with E-state index in [1.54, 1.807) is 43.6 Å². The van der Waals surface area contributed by atoms with E-state index in [0.717, 1.165) is 11.3 Å². The number of H-pyrrole nitrogens is 1. The lowest BCUT2D eigenvalue weighted by Gasteiger charge is -2.08. The van der Waals surface area contributed by atoms with Crippen molar-refractivity contribution in [2.24, 2.45) is 0 Å². The van der Waals surface area contributed by atoms with Crippen molar-refractivity contribution in [3.05, 3.63) is 66.1 Å². The summed E-state index contributed by atoms with van der Waals surface area (Å²) in [4.78, 5) is 16.9. The van der Waals surface area contributed by atoms with Gasteiger partial charge in [0.1, 0.15) is 5.75 Å². The van der Waals surface area contributed by atoms with Crippen LogP contribution in [0.3, 0.4) is 0 Å². The summed E-state index contributed by atoms with van der Waals surface area (Å²) in [5, 5.41) is 16.2. The fourth-order valence-corrected chi connectivity index (χ4v) is 2.41. The number of nitrogens with one attached hydrogen (secondary N) is 1. The number of carbonyl (C=O) groups is 1. The lowest BCUT2D eigenvalue weighted by molar-refractivity contribution is 0.0978. The summed E-state index contributed by atoms with van der Waals surface area (Å²) in [6.07, 6.45) is 3.00. The molecule has 0 saturated carbocycles. The van der Waals surface area contributed by atoms with Crippen LogP contribution in [-0.2, 0) is 0 Å². The van der Waals surface area contributed by atoms with Gasteiger partial charge in [0, 0.05) is 11.8 Å². The molecule has 0 aliphatic heterocycles. The SMILES string of the molecule is COc1ccc(-c2[nH]ncc2C(=O)[C@H](C#N)c2ccccn2)cc1. The molecule has 2 aromatic heterocycles. The largest absolute Gasteiger partial charge is 0.497 e. The van der Waals surface area contributed by atoms with E-state index in [-0.39, 0.29) is 5.78 Å². The summed E-state index contributed by atoms with van der Waals surface area (Å²) < 4.78 is 5.13. The Balaban J connectivity index is 1.97. The zero-order valence-corrected chi connectivity index (χ0v) is 12.9. The van der Waals surface area contributed by atoms with Crippen LogP contribution in [0.15, 0.2) is 54.9 Å². The van der Waals surface area contributed by atoms with Crippen molar-refractivity contribution in [1.82, 2.24) is 15.2 Å². The van der Waals surface area contributed by atoms with E-state index < -0.39 is 5.92 Å². The lowest BCUT2D eigenvalue weighted by Crippen LogP contribution is -2.13. The number of nitriles is 1. The molecule has 6 heteroatoms. The predicted octanol–water partition coefficient (Wildman–Crippen LogP) is 2.97. The summed E-state index contributed by atoms with van der Waals surface area (Å²) in [5.74, 6) is -0.592. The molecule has 3 rings (SSSR count). The molecule has 0 unspecified atom stereocenters. The first-order valence-electron chi connectivity index (χ1n) is 7.27. The van der Waals surface area contributed by atoms with E-state index in [0.29, 0.717) is 17.0 Å². The minimum atomic E-state index is -0.971.